The van der Waals surface area contributed by atoms with E-state index in [1.807, 2.05) is 0 Å². The minimum absolute atomic E-state index is 0.0119. The number of aromatic nitrogens is 2. The Bertz CT molecular complexity index is 1150. The van der Waals surface area contributed by atoms with E-state index in [0.717, 1.165) is 4.68 Å². The van der Waals surface area contributed by atoms with Gasteiger partial charge in [-0.3, -0.25) is 10.4 Å². The Balaban J connectivity index is 2.03. The molecule has 0 saturated carbocycles. The molecule has 0 spiro atoms. The van der Waals surface area contributed by atoms with E-state index in [1.54, 1.807) is 13.8 Å². The van der Waals surface area contributed by atoms with Crippen molar-refractivity contribution in [1.29, 1.82) is 0 Å². The smallest absolute Gasteiger partial charge is 0.404 e. The maximum absolute atomic E-state index is 13.1. The minimum Gasteiger partial charge on any atom is -0.404 e. The van der Waals surface area contributed by atoms with Gasteiger partial charge in [-0.15, -0.1) is 5.23 Å². The van der Waals surface area contributed by atoms with Crippen molar-refractivity contribution >= 4 is 11.7 Å². The number of ether oxygens (including phenoxy) is 1. The summed E-state index contributed by atoms with van der Waals surface area (Å²) >= 11 is 0. The van der Waals surface area contributed by atoms with E-state index in [4.69, 9.17) is 15.2 Å². The monoisotopic (exact) mass is 489 g/mol. The van der Waals surface area contributed by atoms with Gasteiger partial charge >= 0.3 is 18.3 Å². The normalized spacial score (nSPS) is 12.2. The highest BCUT2D eigenvalue weighted by atomic mass is 19.4. The van der Waals surface area contributed by atoms with Crippen LogP contribution in [0.15, 0.2) is 48.5 Å². The molecule has 0 amide bonds. The first-order valence-corrected chi connectivity index (χ1v) is 9.56. The number of rotatable bonds is 5. The fourth-order valence-corrected chi connectivity index (χ4v) is 2.87. The highest BCUT2D eigenvalue weighted by Crippen LogP contribution is 2.36. The molecular formula is C21H17F6N3O4. The fraction of sp³-hybridized carbons (Fsp3) is 0.238. The van der Waals surface area contributed by atoms with E-state index in [1.165, 1.54) is 30.3 Å². The molecule has 7 nitrogen and oxygen atoms in total. The molecule has 3 aromatic rings. The van der Waals surface area contributed by atoms with Crippen LogP contribution < -0.4 is 9.96 Å². The molecule has 2 aromatic carbocycles. The first-order chi connectivity index (χ1) is 15.7. The number of carbonyl (C=O) groups is 1. The van der Waals surface area contributed by atoms with E-state index in [0.29, 0.717) is 5.69 Å². The first-order valence-electron chi connectivity index (χ1n) is 9.56. The van der Waals surface area contributed by atoms with Gasteiger partial charge in [-0.05, 0) is 48.4 Å². The van der Waals surface area contributed by atoms with E-state index in [2.05, 4.69) is 5.10 Å². The molecule has 2 N–H and O–H groups in total. The first kappa shape index (κ1) is 25.1. The lowest BCUT2D eigenvalue weighted by atomic mass is 10.0. The summed E-state index contributed by atoms with van der Waals surface area (Å²) in [7, 11) is 0. The Morgan fingerprint density at radius 3 is 1.91 bits per heavy atom. The van der Waals surface area contributed by atoms with E-state index < -0.39 is 35.0 Å². The molecule has 1 heterocycles. The Morgan fingerprint density at radius 2 is 1.47 bits per heavy atom. The van der Waals surface area contributed by atoms with Crippen LogP contribution in [-0.4, -0.2) is 26.2 Å². The maximum Gasteiger partial charge on any atom is 0.416 e. The minimum atomic E-state index is -5.13. The second-order valence-corrected chi connectivity index (χ2v) is 7.46. The van der Waals surface area contributed by atoms with Crippen LogP contribution in [0.3, 0.4) is 0 Å². The van der Waals surface area contributed by atoms with Gasteiger partial charge in [0.05, 0.1) is 33.8 Å². The summed E-state index contributed by atoms with van der Waals surface area (Å²) in [4.78, 5) is 12.6. The third-order valence-electron chi connectivity index (χ3n) is 4.63. The molecule has 1 aromatic heterocycles. The van der Waals surface area contributed by atoms with Gasteiger partial charge in [-0.2, -0.15) is 31.4 Å². The molecule has 0 radical (unpaired) electrons. The molecule has 0 unspecified atom stereocenters. The van der Waals surface area contributed by atoms with Crippen molar-refractivity contribution in [2.24, 2.45) is 0 Å². The van der Waals surface area contributed by atoms with Gasteiger partial charge in [0.2, 0.25) is 5.88 Å². The van der Waals surface area contributed by atoms with Gasteiger partial charge in [0.1, 0.15) is 0 Å². The SMILES string of the molecule is CC(C)c1cc(OC(=O)c2cc(C(F)(F)F)cc(C(F)(F)F)c2)n(-c2ccc(N(O)O)cc2)n1. The van der Waals surface area contributed by atoms with Crippen molar-refractivity contribution in [3.05, 3.63) is 70.9 Å². The fourth-order valence-electron chi connectivity index (χ4n) is 2.87. The van der Waals surface area contributed by atoms with Crippen molar-refractivity contribution in [2.75, 3.05) is 5.23 Å². The molecule has 0 atom stereocenters. The third kappa shape index (κ3) is 5.48. The molecule has 0 fully saturated rings. The lowest BCUT2D eigenvalue weighted by Crippen LogP contribution is -2.17. The quantitative estimate of drug-likeness (QED) is 0.266. The Morgan fingerprint density at radius 1 is 0.941 bits per heavy atom. The number of hydrogen-bond acceptors (Lipinski definition) is 6. The van der Waals surface area contributed by atoms with Crippen molar-refractivity contribution < 1.29 is 46.3 Å². The summed E-state index contributed by atoms with van der Waals surface area (Å²) in [5.41, 5.74) is -3.59. The van der Waals surface area contributed by atoms with Crippen LogP contribution in [0.1, 0.15) is 46.9 Å². The van der Waals surface area contributed by atoms with Gasteiger partial charge < -0.3 is 4.74 Å². The molecule has 182 valence electrons. The van der Waals surface area contributed by atoms with Crippen LogP contribution in [0.25, 0.3) is 5.69 Å². The molecule has 0 aliphatic heterocycles. The molecule has 3 rings (SSSR count). The average Bonchev–Trinajstić information content (AvgIpc) is 3.16. The predicted molar refractivity (Wildman–Crippen MR) is 105 cm³/mol. The van der Waals surface area contributed by atoms with Crippen LogP contribution in [0.5, 0.6) is 5.88 Å². The zero-order chi connectivity index (χ0) is 25.4. The second kappa shape index (κ2) is 8.99. The van der Waals surface area contributed by atoms with Crippen molar-refractivity contribution in [2.45, 2.75) is 32.1 Å². The van der Waals surface area contributed by atoms with Crippen LogP contribution in [0.2, 0.25) is 0 Å². The van der Waals surface area contributed by atoms with Crippen molar-refractivity contribution in [3.8, 4) is 11.6 Å². The van der Waals surface area contributed by atoms with Gasteiger partial charge in [0, 0.05) is 6.07 Å². The highest BCUT2D eigenvalue weighted by Gasteiger charge is 2.38. The standard InChI is InChI=1S/C21H17F6N3O4/c1-11(2)17-10-18(29(28-17)15-3-5-16(6-4-15)30(32)33)34-19(31)12-7-13(20(22,23)24)9-14(8-12)21(25,26)27/h3-11,32-33H,1-2H3. The van der Waals surface area contributed by atoms with E-state index >= 15 is 0 Å². The second-order valence-electron chi connectivity index (χ2n) is 7.46. The van der Waals surface area contributed by atoms with Crippen LogP contribution in [-0.2, 0) is 12.4 Å². The molecule has 34 heavy (non-hydrogen) atoms. The summed E-state index contributed by atoms with van der Waals surface area (Å²) in [6.45, 7) is 3.53. The lowest BCUT2D eigenvalue weighted by Gasteiger charge is -2.14. The highest BCUT2D eigenvalue weighted by molar-refractivity contribution is 5.91. The number of anilines is 1. The maximum atomic E-state index is 13.1. The Labute approximate surface area is 188 Å². The van der Waals surface area contributed by atoms with Gasteiger partial charge in [-0.25, -0.2) is 9.48 Å². The molecule has 0 bridgehead atoms. The van der Waals surface area contributed by atoms with E-state index in [9.17, 15) is 31.1 Å². The zero-order valence-corrected chi connectivity index (χ0v) is 17.5. The molecular weight excluding hydrogens is 472 g/mol. The topological polar surface area (TPSA) is 87.8 Å². The average molecular weight is 489 g/mol. The van der Waals surface area contributed by atoms with E-state index in [-0.39, 0.29) is 46.6 Å². The molecule has 0 aliphatic carbocycles. The Hall–Kier alpha value is -3.58. The number of esters is 1. The van der Waals surface area contributed by atoms with Crippen molar-refractivity contribution in [1.82, 2.24) is 9.78 Å². The molecule has 0 aliphatic rings. The van der Waals surface area contributed by atoms with Crippen molar-refractivity contribution in [3.63, 3.8) is 0 Å². The number of halogens is 6. The number of hydrogen-bond donors (Lipinski definition) is 2. The molecule has 13 heteroatoms. The van der Waals surface area contributed by atoms with Crippen LogP contribution in [0, 0.1) is 0 Å². The Kier molecular flexibility index (Phi) is 6.62. The molecule has 0 saturated heterocycles. The number of benzene rings is 2. The number of alkyl halides is 6. The van der Waals surface area contributed by atoms with Crippen LogP contribution >= 0.6 is 0 Å². The summed E-state index contributed by atoms with van der Waals surface area (Å²) in [6.07, 6.45) is -10.3. The number of carbonyl (C=O) groups excluding carboxylic acids is 1. The third-order valence-corrected chi connectivity index (χ3v) is 4.63. The van der Waals surface area contributed by atoms with Gasteiger partial charge in [0.25, 0.3) is 0 Å². The largest absolute Gasteiger partial charge is 0.416 e. The van der Waals surface area contributed by atoms with Gasteiger partial charge in [-0.1, -0.05) is 13.8 Å². The van der Waals surface area contributed by atoms with Crippen LogP contribution in [0.4, 0.5) is 32.0 Å². The summed E-state index contributed by atoms with van der Waals surface area (Å²) in [5, 5.41) is 22.2. The number of nitrogens with zero attached hydrogens (tertiary/aromatic N) is 3. The summed E-state index contributed by atoms with van der Waals surface area (Å²) in [6, 6.07) is 7.07. The summed E-state index contributed by atoms with van der Waals surface area (Å²) < 4.78 is 85.0. The summed E-state index contributed by atoms with van der Waals surface area (Å²) in [5.74, 6) is -1.90. The zero-order valence-electron chi connectivity index (χ0n) is 17.5. The predicted octanol–water partition coefficient (Wildman–Crippen LogP) is 5.84. The van der Waals surface area contributed by atoms with Gasteiger partial charge in [0.15, 0.2) is 0 Å². The lowest BCUT2D eigenvalue weighted by molar-refractivity contribution is -0.143.